The van der Waals surface area contributed by atoms with Crippen molar-refractivity contribution in [3.05, 3.63) is 59.2 Å². The van der Waals surface area contributed by atoms with Gasteiger partial charge in [0.25, 0.3) is 0 Å². The molecule has 0 aliphatic rings. The average molecular weight is 344 g/mol. The van der Waals surface area contributed by atoms with Crippen LogP contribution < -0.4 is 4.74 Å². The molecule has 0 aromatic heterocycles. The zero-order valence-corrected chi connectivity index (χ0v) is 15.1. The molecule has 0 heterocycles. The maximum absolute atomic E-state index is 12.0. The number of ether oxygens (including phenoxy) is 3. The fraction of sp³-hybridized carbons (Fsp3) is 0.300. The molecule has 0 radical (unpaired) electrons. The molecule has 0 saturated heterocycles. The number of benzene rings is 1. The third kappa shape index (κ3) is 8.01. The first kappa shape index (κ1) is 20.2. The van der Waals surface area contributed by atoms with Crippen LogP contribution >= 0.6 is 0 Å². The molecule has 5 nitrogen and oxygen atoms in total. The van der Waals surface area contributed by atoms with Crippen LogP contribution in [0.4, 0.5) is 0 Å². The van der Waals surface area contributed by atoms with E-state index in [4.69, 9.17) is 14.2 Å². The average Bonchev–Trinajstić information content (AvgIpc) is 2.59. The Morgan fingerprint density at radius 3 is 2.32 bits per heavy atom. The molecular formula is C20H24O5. The second-order valence-electron chi connectivity index (χ2n) is 5.42. The van der Waals surface area contributed by atoms with Crippen LogP contribution in [-0.2, 0) is 19.1 Å². The van der Waals surface area contributed by atoms with Crippen LogP contribution in [0.5, 0.6) is 5.75 Å². The van der Waals surface area contributed by atoms with Crippen LogP contribution in [0.15, 0.2) is 53.6 Å². The van der Waals surface area contributed by atoms with E-state index in [9.17, 15) is 9.59 Å². The minimum absolute atomic E-state index is 0.111. The molecule has 0 saturated carbocycles. The maximum atomic E-state index is 12.0. The maximum Gasteiger partial charge on any atom is 0.337 e. The van der Waals surface area contributed by atoms with E-state index < -0.39 is 11.9 Å². The number of carbonyl (C=O) groups excluding carboxylic acids is 2. The lowest BCUT2D eigenvalue weighted by molar-refractivity contribution is -0.141. The van der Waals surface area contributed by atoms with Crippen molar-refractivity contribution in [1.82, 2.24) is 0 Å². The second-order valence-corrected chi connectivity index (χ2v) is 5.42. The Morgan fingerprint density at radius 2 is 1.76 bits per heavy atom. The number of hydrogen-bond acceptors (Lipinski definition) is 5. The van der Waals surface area contributed by atoms with Gasteiger partial charge in [0.05, 0.1) is 12.7 Å². The van der Waals surface area contributed by atoms with Crippen LogP contribution in [-0.4, -0.2) is 32.3 Å². The van der Waals surface area contributed by atoms with E-state index >= 15 is 0 Å². The van der Waals surface area contributed by atoms with Crippen LogP contribution in [0.25, 0.3) is 6.08 Å². The third-order valence-electron chi connectivity index (χ3n) is 3.12. The van der Waals surface area contributed by atoms with E-state index in [1.807, 2.05) is 30.3 Å². The Kier molecular flexibility index (Phi) is 8.79. The van der Waals surface area contributed by atoms with E-state index in [2.05, 4.69) is 0 Å². The summed E-state index contributed by atoms with van der Waals surface area (Å²) in [7, 11) is 1.61. The Hall–Kier alpha value is -2.82. The SMILES string of the molecule is C/C=C(/COC(=O)C=C(C)C)C(=O)OC/C=C/c1ccc(OC)cc1. The lowest BCUT2D eigenvalue weighted by Crippen LogP contribution is -2.15. The van der Waals surface area contributed by atoms with Gasteiger partial charge in [0.1, 0.15) is 19.0 Å². The Labute approximate surface area is 148 Å². The number of hydrogen-bond donors (Lipinski definition) is 0. The Morgan fingerprint density at radius 1 is 1.08 bits per heavy atom. The lowest BCUT2D eigenvalue weighted by atomic mass is 10.2. The molecule has 0 atom stereocenters. The fourth-order valence-corrected chi connectivity index (χ4v) is 1.80. The summed E-state index contributed by atoms with van der Waals surface area (Å²) in [5.74, 6) is -0.206. The summed E-state index contributed by atoms with van der Waals surface area (Å²) >= 11 is 0. The molecular weight excluding hydrogens is 320 g/mol. The van der Waals surface area contributed by atoms with Crippen molar-refractivity contribution in [3.8, 4) is 5.75 Å². The molecule has 0 aliphatic carbocycles. The summed E-state index contributed by atoms with van der Waals surface area (Å²) in [6.45, 7) is 5.30. The first-order valence-corrected chi connectivity index (χ1v) is 7.90. The predicted octanol–water partition coefficient (Wildman–Crippen LogP) is 3.71. The molecule has 0 fully saturated rings. The molecule has 134 valence electrons. The minimum atomic E-state index is -0.508. The van der Waals surface area contributed by atoms with Crippen molar-refractivity contribution >= 4 is 18.0 Å². The predicted molar refractivity (Wildman–Crippen MR) is 97.1 cm³/mol. The van der Waals surface area contributed by atoms with Crippen LogP contribution in [0, 0.1) is 0 Å². The molecule has 0 N–H and O–H groups in total. The zero-order valence-electron chi connectivity index (χ0n) is 15.1. The van der Waals surface area contributed by atoms with Gasteiger partial charge in [-0.15, -0.1) is 0 Å². The zero-order chi connectivity index (χ0) is 18.7. The summed E-state index contributed by atoms with van der Waals surface area (Å²) in [5.41, 5.74) is 2.10. The summed E-state index contributed by atoms with van der Waals surface area (Å²) in [4.78, 5) is 23.4. The number of carbonyl (C=O) groups is 2. The van der Waals surface area contributed by atoms with E-state index in [1.54, 1.807) is 40.0 Å². The molecule has 1 rings (SSSR count). The molecule has 1 aromatic rings. The van der Waals surface area contributed by atoms with Crippen molar-refractivity contribution in [2.24, 2.45) is 0 Å². The highest BCUT2D eigenvalue weighted by Crippen LogP contribution is 2.12. The number of rotatable bonds is 8. The highest BCUT2D eigenvalue weighted by atomic mass is 16.5. The van der Waals surface area contributed by atoms with Crippen molar-refractivity contribution in [2.45, 2.75) is 20.8 Å². The highest BCUT2D eigenvalue weighted by Gasteiger charge is 2.11. The standard InChI is InChI=1S/C20H24O5/c1-5-17(14-25-19(21)13-15(2)3)20(22)24-12-6-7-16-8-10-18(23-4)11-9-16/h5-11,13H,12,14H2,1-4H3/b7-6+,17-5-. The van der Waals surface area contributed by atoms with Crippen LogP contribution in [0.3, 0.4) is 0 Å². The van der Waals surface area contributed by atoms with E-state index in [-0.39, 0.29) is 13.2 Å². The van der Waals surface area contributed by atoms with E-state index in [0.29, 0.717) is 5.57 Å². The smallest absolute Gasteiger partial charge is 0.337 e. The Bertz CT molecular complexity index is 662. The third-order valence-corrected chi connectivity index (χ3v) is 3.12. The van der Waals surface area contributed by atoms with Crippen molar-refractivity contribution in [1.29, 1.82) is 0 Å². The molecule has 0 aliphatic heterocycles. The molecule has 0 bridgehead atoms. The summed E-state index contributed by atoms with van der Waals surface area (Å²) in [6, 6.07) is 7.50. The largest absolute Gasteiger partial charge is 0.497 e. The highest BCUT2D eigenvalue weighted by molar-refractivity contribution is 5.90. The van der Waals surface area contributed by atoms with Gasteiger partial charge in [0.15, 0.2) is 0 Å². The van der Waals surface area contributed by atoms with Gasteiger partial charge < -0.3 is 14.2 Å². The van der Waals surface area contributed by atoms with Gasteiger partial charge in [-0.3, -0.25) is 0 Å². The summed E-state index contributed by atoms with van der Waals surface area (Å²) in [5, 5.41) is 0. The van der Waals surface area contributed by atoms with Gasteiger partial charge in [-0.1, -0.05) is 29.9 Å². The minimum Gasteiger partial charge on any atom is -0.497 e. The first-order chi connectivity index (χ1) is 12.0. The topological polar surface area (TPSA) is 61.8 Å². The normalized spacial score (nSPS) is 11.1. The summed E-state index contributed by atoms with van der Waals surface area (Å²) < 4.78 is 15.2. The molecule has 0 spiro atoms. The summed E-state index contributed by atoms with van der Waals surface area (Å²) in [6.07, 6.45) is 6.53. The number of methoxy groups -OCH3 is 1. The molecule has 0 unspecified atom stereocenters. The molecule has 0 amide bonds. The number of esters is 2. The van der Waals surface area contributed by atoms with Gasteiger partial charge in [-0.2, -0.15) is 0 Å². The van der Waals surface area contributed by atoms with Crippen LogP contribution in [0.2, 0.25) is 0 Å². The van der Waals surface area contributed by atoms with Crippen LogP contribution in [0.1, 0.15) is 26.3 Å². The van der Waals surface area contributed by atoms with Gasteiger partial charge >= 0.3 is 11.9 Å². The van der Waals surface area contributed by atoms with E-state index in [1.165, 1.54) is 6.08 Å². The van der Waals surface area contributed by atoms with Gasteiger partial charge in [-0.25, -0.2) is 9.59 Å². The number of allylic oxidation sites excluding steroid dienone is 2. The van der Waals surface area contributed by atoms with Crippen molar-refractivity contribution < 1.29 is 23.8 Å². The lowest BCUT2D eigenvalue weighted by Gasteiger charge is -2.07. The monoisotopic (exact) mass is 344 g/mol. The van der Waals surface area contributed by atoms with Gasteiger partial charge in [0, 0.05) is 6.08 Å². The first-order valence-electron chi connectivity index (χ1n) is 7.90. The van der Waals surface area contributed by atoms with Crippen molar-refractivity contribution in [2.75, 3.05) is 20.3 Å². The molecule has 5 heteroatoms. The van der Waals surface area contributed by atoms with E-state index in [0.717, 1.165) is 16.9 Å². The molecule has 25 heavy (non-hydrogen) atoms. The van der Waals surface area contributed by atoms with Crippen molar-refractivity contribution in [3.63, 3.8) is 0 Å². The quantitative estimate of drug-likeness (QED) is 0.531. The fourth-order valence-electron chi connectivity index (χ4n) is 1.80. The second kappa shape index (κ2) is 10.9. The van der Waals surface area contributed by atoms with Gasteiger partial charge in [-0.05, 0) is 44.5 Å². The molecule has 1 aromatic carbocycles. The Balaban J connectivity index is 2.44. The van der Waals surface area contributed by atoms with Gasteiger partial charge in [0.2, 0.25) is 0 Å².